The fraction of sp³-hybridized carbons (Fsp3) is 0.222. The first-order valence-corrected chi connectivity index (χ1v) is 8.00. The standard InChI is InChI=1S/C18H14BrFO/c19-10-14-9-17-15-4-2-1-3-11(15)7-12-5-6-13(20)8-16(12)18(17)21-14/h1-6,8,10,17-18H,7,9H2/b14-10-/t17-,18-/m1/s1. The van der Waals surface area contributed by atoms with Gasteiger partial charge in [0.2, 0.25) is 0 Å². The van der Waals surface area contributed by atoms with Gasteiger partial charge in [-0.15, -0.1) is 0 Å². The van der Waals surface area contributed by atoms with Crippen LogP contribution in [-0.2, 0) is 11.2 Å². The van der Waals surface area contributed by atoms with Crippen molar-refractivity contribution in [1.29, 1.82) is 0 Å². The van der Waals surface area contributed by atoms with E-state index in [0.29, 0.717) is 0 Å². The first-order chi connectivity index (χ1) is 10.3. The van der Waals surface area contributed by atoms with E-state index in [2.05, 4.69) is 40.2 Å². The third-order valence-corrected chi connectivity index (χ3v) is 4.95. The van der Waals surface area contributed by atoms with Crippen LogP contribution in [-0.4, -0.2) is 0 Å². The van der Waals surface area contributed by atoms with Crippen LogP contribution in [0.4, 0.5) is 4.39 Å². The molecule has 1 aliphatic heterocycles. The zero-order valence-electron chi connectivity index (χ0n) is 11.4. The second-order valence-corrected chi connectivity index (χ2v) is 6.10. The molecule has 4 rings (SSSR count). The number of ether oxygens (including phenoxy) is 1. The maximum absolute atomic E-state index is 13.7. The van der Waals surface area contributed by atoms with Gasteiger partial charge in [-0.1, -0.05) is 46.3 Å². The Morgan fingerprint density at radius 1 is 1.10 bits per heavy atom. The molecule has 0 aromatic heterocycles. The number of halogens is 2. The summed E-state index contributed by atoms with van der Waals surface area (Å²) in [7, 11) is 0. The Labute approximate surface area is 131 Å². The SMILES string of the molecule is Fc1ccc2c(c1)[C@H]1O/C(=C\Br)C[C@@H]1c1ccccc1C2. The van der Waals surface area contributed by atoms with Crippen molar-refractivity contribution in [3.05, 3.63) is 81.3 Å². The second kappa shape index (κ2) is 4.99. The molecule has 106 valence electrons. The molecule has 1 saturated heterocycles. The normalized spacial score (nSPS) is 24.8. The van der Waals surface area contributed by atoms with Gasteiger partial charge in [-0.3, -0.25) is 0 Å². The minimum absolute atomic E-state index is 0.0943. The lowest BCUT2D eigenvalue weighted by molar-refractivity contribution is 0.152. The topological polar surface area (TPSA) is 9.23 Å². The fourth-order valence-electron chi connectivity index (χ4n) is 3.49. The Hall–Kier alpha value is -1.61. The summed E-state index contributed by atoms with van der Waals surface area (Å²) in [5, 5.41) is 0. The van der Waals surface area contributed by atoms with E-state index < -0.39 is 0 Å². The Morgan fingerprint density at radius 2 is 1.90 bits per heavy atom. The van der Waals surface area contributed by atoms with Gasteiger partial charge in [0.25, 0.3) is 0 Å². The van der Waals surface area contributed by atoms with Gasteiger partial charge < -0.3 is 4.74 Å². The van der Waals surface area contributed by atoms with Crippen molar-refractivity contribution in [3.63, 3.8) is 0 Å². The third kappa shape index (κ3) is 2.11. The van der Waals surface area contributed by atoms with Gasteiger partial charge in [0.15, 0.2) is 0 Å². The highest BCUT2D eigenvalue weighted by molar-refractivity contribution is 9.11. The van der Waals surface area contributed by atoms with Crippen LogP contribution in [0.2, 0.25) is 0 Å². The van der Waals surface area contributed by atoms with E-state index in [1.54, 1.807) is 6.07 Å². The van der Waals surface area contributed by atoms with Gasteiger partial charge in [0.05, 0.1) is 0 Å². The molecule has 3 heteroatoms. The van der Waals surface area contributed by atoms with Crippen molar-refractivity contribution in [2.24, 2.45) is 0 Å². The maximum Gasteiger partial charge on any atom is 0.131 e. The average Bonchev–Trinajstić information content (AvgIpc) is 2.89. The monoisotopic (exact) mass is 344 g/mol. The first kappa shape index (κ1) is 13.1. The van der Waals surface area contributed by atoms with Crippen molar-refractivity contribution in [1.82, 2.24) is 0 Å². The predicted molar refractivity (Wildman–Crippen MR) is 83.8 cm³/mol. The number of hydrogen-bond acceptors (Lipinski definition) is 1. The van der Waals surface area contributed by atoms with Crippen LogP contribution in [0.15, 0.2) is 53.2 Å². The number of rotatable bonds is 0. The lowest BCUT2D eigenvalue weighted by Gasteiger charge is -2.18. The highest BCUT2D eigenvalue weighted by atomic mass is 79.9. The molecule has 0 radical (unpaired) electrons. The van der Waals surface area contributed by atoms with Gasteiger partial charge in [-0.05, 0) is 40.8 Å². The quantitative estimate of drug-likeness (QED) is 0.637. The molecule has 2 aromatic carbocycles. The van der Waals surface area contributed by atoms with Crippen molar-refractivity contribution in [2.45, 2.75) is 24.9 Å². The average molecular weight is 345 g/mol. The van der Waals surface area contributed by atoms with Crippen molar-refractivity contribution < 1.29 is 9.13 Å². The minimum Gasteiger partial charge on any atom is -0.489 e. The molecule has 2 aliphatic rings. The summed E-state index contributed by atoms with van der Waals surface area (Å²) in [4.78, 5) is 1.84. The van der Waals surface area contributed by atoms with Crippen molar-refractivity contribution in [3.8, 4) is 0 Å². The minimum atomic E-state index is -0.196. The lowest BCUT2D eigenvalue weighted by Crippen LogP contribution is -2.06. The summed E-state index contributed by atoms with van der Waals surface area (Å²) in [6, 6.07) is 13.6. The molecular weight excluding hydrogens is 331 g/mol. The van der Waals surface area contributed by atoms with E-state index in [1.165, 1.54) is 17.2 Å². The van der Waals surface area contributed by atoms with Crippen molar-refractivity contribution in [2.75, 3.05) is 0 Å². The van der Waals surface area contributed by atoms with Crippen LogP contribution in [0, 0.1) is 5.82 Å². The fourth-order valence-corrected chi connectivity index (χ4v) is 3.79. The molecule has 1 heterocycles. The molecule has 2 aromatic rings. The first-order valence-electron chi connectivity index (χ1n) is 7.08. The molecule has 0 spiro atoms. The third-order valence-electron chi connectivity index (χ3n) is 4.44. The Kier molecular flexibility index (Phi) is 3.11. The van der Waals surface area contributed by atoms with Gasteiger partial charge in [-0.2, -0.15) is 0 Å². The smallest absolute Gasteiger partial charge is 0.131 e. The summed E-state index contributed by atoms with van der Waals surface area (Å²) in [5.41, 5.74) is 4.79. The van der Waals surface area contributed by atoms with Gasteiger partial charge in [0, 0.05) is 17.3 Å². The van der Waals surface area contributed by atoms with Gasteiger partial charge in [-0.25, -0.2) is 4.39 Å². The number of fused-ring (bicyclic) bond motifs is 5. The van der Waals surface area contributed by atoms with E-state index >= 15 is 0 Å². The summed E-state index contributed by atoms with van der Waals surface area (Å²) in [6.45, 7) is 0. The molecule has 2 atom stereocenters. The van der Waals surface area contributed by atoms with Crippen LogP contribution in [0.1, 0.15) is 40.7 Å². The van der Waals surface area contributed by atoms with E-state index in [-0.39, 0.29) is 17.8 Å². The highest BCUT2D eigenvalue weighted by Gasteiger charge is 2.38. The van der Waals surface area contributed by atoms with Crippen LogP contribution < -0.4 is 0 Å². The van der Waals surface area contributed by atoms with Crippen LogP contribution in [0.25, 0.3) is 0 Å². The molecule has 0 unspecified atom stereocenters. The van der Waals surface area contributed by atoms with Crippen LogP contribution in [0.3, 0.4) is 0 Å². The zero-order chi connectivity index (χ0) is 14.4. The van der Waals surface area contributed by atoms with Crippen LogP contribution in [0.5, 0.6) is 0 Å². The molecular formula is C18H14BrFO. The number of allylic oxidation sites excluding steroid dienone is 1. The van der Waals surface area contributed by atoms with Crippen molar-refractivity contribution >= 4 is 15.9 Å². The molecule has 0 N–H and O–H groups in total. The molecule has 0 saturated carbocycles. The Balaban J connectivity index is 1.94. The van der Waals surface area contributed by atoms with E-state index in [4.69, 9.17) is 4.74 Å². The largest absolute Gasteiger partial charge is 0.489 e. The van der Waals surface area contributed by atoms with Gasteiger partial charge in [0.1, 0.15) is 17.7 Å². The summed E-state index contributed by atoms with van der Waals surface area (Å²) in [6.07, 6.45) is 1.60. The molecule has 1 fully saturated rings. The Bertz CT molecular complexity index is 738. The lowest BCUT2D eigenvalue weighted by atomic mass is 9.88. The summed E-state index contributed by atoms with van der Waals surface area (Å²) >= 11 is 3.36. The number of benzene rings is 2. The Morgan fingerprint density at radius 3 is 2.76 bits per heavy atom. The molecule has 1 aliphatic carbocycles. The zero-order valence-corrected chi connectivity index (χ0v) is 12.9. The number of hydrogen-bond donors (Lipinski definition) is 0. The maximum atomic E-state index is 13.7. The summed E-state index contributed by atoms with van der Waals surface area (Å²) in [5.74, 6) is 0.989. The van der Waals surface area contributed by atoms with E-state index in [1.807, 2.05) is 11.1 Å². The second-order valence-electron chi connectivity index (χ2n) is 5.64. The van der Waals surface area contributed by atoms with E-state index in [9.17, 15) is 4.39 Å². The highest BCUT2D eigenvalue weighted by Crippen LogP contribution is 2.50. The molecule has 1 nitrogen and oxygen atoms in total. The van der Waals surface area contributed by atoms with Crippen LogP contribution >= 0.6 is 15.9 Å². The predicted octanol–water partition coefficient (Wildman–Crippen LogP) is 5.21. The van der Waals surface area contributed by atoms with E-state index in [0.717, 1.165) is 29.7 Å². The molecule has 21 heavy (non-hydrogen) atoms. The molecule has 0 amide bonds. The van der Waals surface area contributed by atoms with Gasteiger partial charge >= 0.3 is 0 Å². The summed E-state index contributed by atoms with van der Waals surface area (Å²) < 4.78 is 19.8. The molecule has 0 bridgehead atoms.